The molecule has 0 rings (SSSR count). The Kier molecular flexibility index (Phi) is 6.40. The van der Waals surface area contributed by atoms with Crippen molar-refractivity contribution in [3.8, 4) is 0 Å². The maximum absolute atomic E-state index is 2.42. The van der Waals surface area contributed by atoms with Gasteiger partial charge in [-0.2, -0.15) is 0 Å². The highest BCUT2D eigenvalue weighted by molar-refractivity contribution is 4.61. The first-order valence-electron chi connectivity index (χ1n) is 5.65. The van der Waals surface area contributed by atoms with Crippen LogP contribution in [-0.2, 0) is 0 Å². The van der Waals surface area contributed by atoms with Crippen LogP contribution < -0.4 is 0 Å². The van der Waals surface area contributed by atoms with Crippen LogP contribution in [0.3, 0.4) is 0 Å². The highest BCUT2D eigenvalue weighted by Crippen LogP contribution is 2.16. The van der Waals surface area contributed by atoms with E-state index in [0.29, 0.717) is 6.04 Å². The topological polar surface area (TPSA) is 3.24 Å². The lowest BCUT2D eigenvalue weighted by Gasteiger charge is -2.22. The van der Waals surface area contributed by atoms with E-state index in [0.717, 1.165) is 11.8 Å². The molecule has 0 unspecified atom stereocenters. The zero-order valence-electron chi connectivity index (χ0n) is 10.3. The summed E-state index contributed by atoms with van der Waals surface area (Å²) in [6.45, 7) is 12.8. The van der Waals surface area contributed by atoms with Gasteiger partial charge in [0.05, 0.1) is 0 Å². The highest BCUT2D eigenvalue weighted by Gasteiger charge is 2.08. The summed E-state index contributed by atoms with van der Waals surface area (Å²) in [7, 11) is 2.21. The molecule has 0 aliphatic rings. The molecular weight excluding hydrogens is 158 g/mol. The van der Waals surface area contributed by atoms with Crippen molar-refractivity contribution in [3.05, 3.63) is 0 Å². The third-order valence-corrected chi connectivity index (χ3v) is 3.19. The number of nitrogens with zero attached hydrogens (tertiary/aromatic N) is 1. The number of hydrogen-bond donors (Lipinski definition) is 0. The zero-order valence-corrected chi connectivity index (χ0v) is 10.3. The molecule has 0 saturated heterocycles. The third-order valence-electron chi connectivity index (χ3n) is 3.19. The van der Waals surface area contributed by atoms with Gasteiger partial charge in [0.25, 0.3) is 0 Å². The largest absolute Gasteiger partial charge is 0.304 e. The van der Waals surface area contributed by atoms with Gasteiger partial charge >= 0.3 is 0 Å². The Labute approximate surface area is 84.5 Å². The molecule has 13 heavy (non-hydrogen) atoms. The molecule has 0 aliphatic carbocycles. The molecule has 1 atom stereocenters. The molecule has 0 spiro atoms. The third kappa shape index (κ3) is 6.09. The molecule has 1 nitrogen and oxygen atoms in total. The van der Waals surface area contributed by atoms with E-state index >= 15 is 0 Å². The lowest BCUT2D eigenvalue weighted by atomic mass is 9.93. The Morgan fingerprint density at radius 1 is 1.00 bits per heavy atom. The van der Waals surface area contributed by atoms with E-state index in [1.165, 1.54) is 19.4 Å². The average molecular weight is 185 g/mol. The quantitative estimate of drug-likeness (QED) is 0.613. The first-order chi connectivity index (χ1) is 5.95. The summed E-state index contributed by atoms with van der Waals surface area (Å²) in [6, 6.07) is 0.689. The molecule has 0 fully saturated rings. The van der Waals surface area contributed by atoms with Crippen LogP contribution in [0.1, 0.15) is 47.5 Å². The Morgan fingerprint density at radius 2 is 1.54 bits per heavy atom. The zero-order chi connectivity index (χ0) is 10.4. The average Bonchev–Trinajstić information content (AvgIpc) is 2.03. The molecular formula is C12H27N. The van der Waals surface area contributed by atoms with Crippen molar-refractivity contribution in [2.45, 2.75) is 53.5 Å². The molecule has 0 N–H and O–H groups in total. The second-order valence-electron chi connectivity index (χ2n) is 4.94. The fourth-order valence-electron chi connectivity index (χ4n) is 1.25. The maximum atomic E-state index is 2.42. The van der Waals surface area contributed by atoms with Gasteiger partial charge in [0.1, 0.15) is 0 Å². The standard InChI is InChI=1S/C12H27N/c1-10(2)12(5)8-7-9-13(6)11(3)4/h10-12H,7-9H2,1-6H3/t12-/m1/s1. The highest BCUT2D eigenvalue weighted by atomic mass is 15.1. The fourth-order valence-corrected chi connectivity index (χ4v) is 1.25. The molecule has 0 aromatic rings. The molecule has 1 heteroatoms. The van der Waals surface area contributed by atoms with Gasteiger partial charge in [0, 0.05) is 6.04 Å². The minimum Gasteiger partial charge on any atom is -0.304 e. The van der Waals surface area contributed by atoms with Crippen LogP contribution in [0.5, 0.6) is 0 Å². The van der Waals surface area contributed by atoms with Crippen LogP contribution in [0.2, 0.25) is 0 Å². The molecule has 0 aromatic carbocycles. The molecule has 0 amide bonds. The van der Waals surface area contributed by atoms with Crippen LogP contribution in [0.4, 0.5) is 0 Å². The number of hydrogen-bond acceptors (Lipinski definition) is 1. The summed E-state index contributed by atoms with van der Waals surface area (Å²) < 4.78 is 0. The van der Waals surface area contributed by atoms with Gasteiger partial charge in [-0.3, -0.25) is 0 Å². The SMILES string of the molecule is CC(C)[C@H](C)CCCN(C)C(C)C. The van der Waals surface area contributed by atoms with Crippen LogP contribution in [0.15, 0.2) is 0 Å². The molecule has 0 heterocycles. The van der Waals surface area contributed by atoms with Gasteiger partial charge in [-0.1, -0.05) is 20.8 Å². The van der Waals surface area contributed by atoms with Crippen molar-refractivity contribution in [1.82, 2.24) is 4.90 Å². The second kappa shape index (κ2) is 6.42. The summed E-state index contributed by atoms with van der Waals surface area (Å²) in [5, 5.41) is 0. The predicted molar refractivity (Wildman–Crippen MR) is 61.0 cm³/mol. The van der Waals surface area contributed by atoms with Crippen molar-refractivity contribution in [2.75, 3.05) is 13.6 Å². The molecule has 0 saturated carbocycles. The Hall–Kier alpha value is -0.0400. The summed E-state index contributed by atoms with van der Waals surface area (Å²) >= 11 is 0. The predicted octanol–water partition coefficient (Wildman–Crippen LogP) is 3.40. The van der Waals surface area contributed by atoms with E-state index in [1.807, 2.05) is 0 Å². The van der Waals surface area contributed by atoms with E-state index in [1.54, 1.807) is 0 Å². The van der Waals surface area contributed by atoms with Crippen molar-refractivity contribution in [1.29, 1.82) is 0 Å². The van der Waals surface area contributed by atoms with Crippen LogP contribution in [0.25, 0.3) is 0 Å². The van der Waals surface area contributed by atoms with Crippen molar-refractivity contribution in [2.24, 2.45) is 11.8 Å². The fraction of sp³-hybridized carbons (Fsp3) is 1.00. The van der Waals surface area contributed by atoms with E-state index in [2.05, 4.69) is 46.6 Å². The van der Waals surface area contributed by atoms with E-state index in [9.17, 15) is 0 Å². The number of rotatable bonds is 6. The van der Waals surface area contributed by atoms with E-state index in [4.69, 9.17) is 0 Å². The smallest absolute Gasteiger partial charge is 0.00355 e. The molecule has 0 aromatic heterocycles. The van der Waals surface area contributed by atoms with E-state index in [-0.39, 0.29) is 0 Å². The first-order valence-corrected chi connectivity index (χ1v) is 5.65. The van der Waals surface area contributed by atoms with Gasteiger partial charge in [0.15, 0.2) is 0 Å². The summed E-state index contributed by atoms with van der Waals surface area (Å²) in [5.74, 6) is 1.71. The lowest BCUT2D eigenvalue weighted by Crippen LogP contribution is -2.27. The Morgan fingerprint density at radius 3 is 1.92 bits per heavy atom. The summed E-state index contributed by atoms with van der Waals surface area (Å²) in [5.41, 5.74) is 0. The van der Waals surface area contributed by atoms with E-state index < -0.39 is 0 Å². The monoisotopic (exact) mass is 185 g/mol. The summed E-state index contributed by atoms with van der Waals surface area (Å²) in [4.78, 5) is 2.42. The van der Waals surface area contributed by atoms with Gasteiger partial charge in [-0.05, 0) is 52.1 Å². The van der Waals surface area contributed by atoms with Crippen LogP contribution in [0, 0.1) is 11.8 Å². The van der Waals surface area contributed by atoms with Gasteiger partial charge in [-0.15, -0.1) is 0 Å². The minimum atomic E-state index is 0.689. The second-order valence-corrected chi connectivity index (χ2v) is 4.94. The van der Waals surface area contributed by atoms with Gasteiger partial charge < -0.3 is 4.90 Å². The summed E-state index contributed by atoms with van der Waals surface area (Å²) in [6.07, 6.45) is 2.71. The van der Waals surface area contributed by atoms with Crippen LogP contribution in [-0.4, -0.2) is 24.5 Å². The Bertz CT molecular complexity index is 104. The minimum absolute atomic E-state index is 0.689. The first kappa shape index (κ1) is 13.0. The lowest BCUT2D eigenvalue weighted by molar-refractivity contribution is 0.254. The molecule has 80 valence electrons. The molecule has 0 aliphatic heterocycles. The molecule has 0 radical (unpaired) electrons. The maximum Gasteiger partial charge on any atom is 0.00355 e. The van der Waals surface area contributed by atoms with Crippen molar-refractivity contribution >= 4 is 0 Å². The van der Waals surface area contributed by atoms with Gasteiger partial charge in [-0.25, -0.2) is 0 Å². The Balaban J connectivity index is 3.45. The van der Waals surface area contributed by atoms with Gasteiger partial charge in [0.2, 0.25) is 0 Å². The van der Waals surface area contributed by atoms with Crippen LogP contribution >= 0.6 is 0 Å². The van der Waals surface area contributed by atoms with Crippen molar-refractivity contribution in [3.63, 3.8) is 0 Å². The normalized spacial score (nSPS) is 14.5. The van der Waals surface area contributed by atoms with Crippen molar-refractivity contribution < 1.29 is 0 Å². The molecule has 0 bridgehead atoms.